The van der Waals surface area contributed by atoms with Crippen molar-refractivity contribution in [3.8, 4) is 11.6 Å². The number of rotatable bonds is 5. The van der Waals surface area contributed by atoms with Gasteiger partial charge in [-0.05, 0) is 30.7 Å². The topological polar surface area (TPSA) is 77.2 Å². The van der Waals surface area contributed by atoms with E-state index in [1.54, 1.807) is 25.3 Å². The van der Waals surface area contributed by atoms with Gasteiger partial charge in [0.2, 0.25) is 11.6 Å². The van der Waals surface area contributed by atoms with Crippen LogP contribution in [0.1, 0.15) is 21.8 Å². The van der Waals surface area contributed by atoms with Crippen LogP contribution < -0.4 is 10.1 Å². The molecule has 23 heavy (non-hydrogen) atoms. The lowest BCUT2D eigenvalue weighted by Gasteiger charge is -2.07. The predicted octanol–water partition coefficient (Wildman–Crippen LogP) is 3.10. The second-order valence-electron chi connectivity index (χ2n) is 4.93. The van der Waals surface area contributed by atoms with Crippen LogP contribution in [0.25, 0.3) is 0 Å². The molecule has 3 aromatic rings. The second-order valence-corrected chi connectivity index (χ2v) is 4.93. The first-order valence-corrected chi connectivity index (χ1v) is 7.10. The number of carbonyl (C=O) groups excluding carboxylic acids is 1. The number of amides is 1. The quantitative estimate of drug-likeness (QED) is 0.783. The molecular weight excluding hydrogens is 294 g/mol. The molecule has 0 saturated carbocycles. The number of benzene rings is 1. The summed E-state index contributed by atoms with van der Waals surface area (Å²) >= 11 is 0. The van der Waals surface area contributed by atoms with Gasteiger partial charge in [0.05, 0.1) is 5.69 Å². The largest absolute Gasteiger partial charge is 0.439 e. The van der Waals surface area contributed by atoms with Crippen molar-refractivity contribution in [1.82, 2.24) is 15.5 Å². The van der Waals surface area contributed by atoms with Gasteiger partial charge in [-0.15, -0.1) is 0 Å². The maximum absolute atomic E-state index is 11.9. The van der Waals surface area contributed by atoms with Crippen LogP contribution in [-0.2, 0) is 6.54 Å². The summed E-state index contributed by atoms with van der Waals surface area (Å²) in [5, 5.41) is 6.45. The van der Waals surface area contributed by atoms with Crippen molar-refractivity contribution in [3.05, 3.63) is 71.7 Å². The molecule has 0 fully saturated rings. The summed E-state index contributed by atoms with van der Waals surface area (Å²) in [6.07, 6.45) is 1.64. The Hall–Kier alpha value is -3.15. The Morgan fingerprint density at radius 3 is 2.78 bits per heavy atom. The minimum absolute atomic E-state index is 0.192. The minimum Gasteiger partial charge on any atom is -0.439 e. The third-order valence-electron chi connectivity index (χ3n) is 3.07. The molecule has 0 saturated heterocycles. The number of carbonyl (C=O) groups is 1. The van der Waals surface area contributed by atoms with Crippen LogP contribution >= 0.6 is 0 Å². The smallest absolute Gasteiger partial charge is 0.290 e. The maximum atomic E-state index is 11.9. The molecule has 2 heterocycles. The Labute approximate surface area is 133 Å². The second kappa shape index (κ2) is 6.74. The number of ether oxygens (including phenoxy) is 1. The van der Waals surface area contributed by atoms with Crippen LogP contribution in [0.3, 0.4) is 0 Å². The molecule has 1 amide bonds. The van der Waals surface area contributed by atoms with Crippen molar-refractivity contribution in [2.24, 2.45) is 0 Å². The lowest BCUT2D eigenvalue weighted by molar-refractivity contribution is 0.0914. The highest BCUT2D eigenvalue weighted by atomic mass is 16.5. The molecule has 0 aliphatic rings. The highest BCUT2D eigenvalue weighted by Crippen LogP contribution is 2.19. The number of aryl methyl sites for hydroxylation is 1. The van der Waals surface area contributed by atoms with Gasteiger partial charge < -0.3 is 14.6 Å². The maximum Gasteiger partial charge on any atom is 0.290 e. The Balaban J connectivity index is 1.62. The first-order chi connectivity index (χ1) is 11.2. The molecule has 3 rings (SSSR count). The van der Waals surface area contributed by atoms with Crippen LogP contribution in [0.15, 0.2) is 59.3 Å². The molecule has 6 nitrogen and oxygen atoms in total. The summed E-state index contributed by atoms with van der Waals surface area (Å²) in [4.78, 5) is 16.1. The molecule has 116 valence electrons. The van der Waals surface area contributed by atoms with E-state index in [-0.39, 0.29) is 11.7 Å². The Morgan fingerprint density at radius 1 is 1.22 bits per heavy atom. The van der Waals surface area contributed by atoms with E-state index in [2.05, 4.69) is 15.5 Å². The summed E-state index contributed by atoms with van der Waals surface area (Å²) in [6.45, 7) is 2.10. The first kappa shape index (κ1) is 14.8. The average Bonchev–Trinajstić information content (AvgIpc) is 3.01. The van der Waals surface area contributed by atoms with E-state index >= 15 is 0 Å². The van der Waals surface area contributed by atoms with E-state index in [1.807, 2.05) is 36.4 Å². The molecular formula is C17H15N3O3. The Bertz CT molecular complexity index is 800. The summed E-state index contributed by atoms with van der Waals surface area (Å²) in [5.41, 5.74) is 1.54. The number of nitrogens with zero attached hydrogens (tertiary/aromatic N) is 2. The van der Waals surface area contributed by atoms with E-state index in [4.69, 9.17) is 9.26 Å². The zero-order chi connectivity index (χ0) is 16.1. The van der Waals surface area contributed by atoms with Crippen LogP contribution in [0.5, 0.6) is 11.6 Å². The molecule has 1 aromatic carbocycles. The van der Waals surface area contributed by atoms with Gasteiger partial charge in [0.1, 0.15) is 5.75 Å². The summed E-state index contributed by atoms with van der Waals surface area (Å²) in [5.74, 6) is 1.06. The molecule has 0 aliphatic heterocycles. The third kappa shape index (κ3) is 3.94. The fourth-order valence-electron chi connectivity index (χ4n) is 1.97. The molecule has 2 aromatic heterocycles. The van der Waals surface area contributed by atoms with E-state index in [1.165, 1.54) is 0 Å². The van der Waals surface area contributed by atoms with Gasteiger partial charge in [0.25, 0.3) is 5.91 Å². The number of pyridine rings is 1. The van der Waals surface area contributed by atoms with Crippen molar-refractivity contribution in [3.63, 3.8) is 0 Å². The first-order valence-electron chi connectivity index (χ1n) is 7.10. The van der Waals surface area contributed by atoms with Crippen molar-refractivity contribution >= 4 is 5.91 Å². The monoisotopic (exact) mass is 309 g/mol. The van der Waals surface area contributed by atoms with Crippen molar-refractivity contribution in [2.75, 3.05) is 0 Å². The summed E-state index contributed by atoms with van der Waals surface area (Å²) in [6, 6.07) is 14.6. The third-order valence-corrected chi connectivity index (χ3v) is 3.07. The van der Waals surface area contributed by atoms with Crippen LogP contribution in [0.2, 0.25) is 0 Å². The fourth-order valence-corrected chi connectivity index (χ4v) is 1.97. The summed E-state index contributed by atoms with van der Waals surface area (Å²) < 4.78 is 10.6. The van der Waals surface area contributed by atoms with E-state index in [9.17, 15) is 4.79 Å². The standard InChI is InChI=1S/C17H15N3O3/c1-12-9-15(23-20-12)17(21)19-11-13-7-8-18-16(10-13)22-14-5-3-2-4-6-14/h2-10H,11H2,1H3,(H,19,21). The predicted molar refractivity (Wildman–Crippen MR) is 83.2 cm³/mol. The van der Waals surface area contributed by atoms with Gasteiger partial charge in [-0.25, -0.2) is 4.98 Å². The number of hydrogen-bond donors (Lipinski definition) is 1. The molecule has 6 heteroatoms. The lowest BCUT2D eigenvalue weighted by atomic mass is 10.2. The molecule has 1 N–H and O–H groups in total. The van der Waals surface area contributed by atoms with Crippen LogP contribution in [0.4, 0.5) is 0 Å². The molecule has 0 spiro atoms. The number of para-hydroxylation sites is 1. The SMILES string of the molecule is Cc1cc(C(=O)NCc2ccnc(Oc3ccccc3)c2)on1. The zero-order valence-corrected chi connectivity index (χ0v) is 12.5. The van der Waals surface area contributed by atoms with Crippen molar-refractivity contribution in [2.45, 2.75) is 13.5 Å². The van der Waals surface area contributed by atoms with Crippen LogP contribution in [-0.4, -0.2) is 16.0 Å². The highest BCUT2D eigenvalue weighted by Gasteiger charge is 2.11. The average molecular weight is 309 g/mol. The summed E-state index contributed by atoms with van der Waals surface area (Å²) in [7, 11) is 0. The van der Waals surface area contributed by atoms with E-state index in [0.717, 1.165) is 5.56 Å². The minimum atomic E-state index is -0.312. The number of aromatic nitrogens is 2. The normalized spacial score (nSPS) is 10.3. The highest BCUT2D eigenvalue weighted by molar-refractivity contribution is 5.91. The van der Waals surface area contributed by atoms with Crippen LogP contribution in [0, 0.1) is 6.92 Å². The Morgan fingerprint density at radius 2 is 2.04 bits per heavy atom. The van der Waals surface area contributed by atoms with Gasteiger partial charge in [0, 0.05) is 24.9 Å². The van der Waals surface area contributed by atoms with Gasteiger partial charge in [-0.2, -0.15) is 0 Å². The van der Waals surface area contributed by atoms with Gasteiger partial charge in [-0.1, -0.05) is 23.4 Å². The van der Waals surface area contributed by atoms with Gasteiger partial charge >= 0.3 is 0 Å². The van der Waals surface area contributed by atoms with Crippen molar-refractivity contribution in [1.29, 1.82) is 0 Å². The number of nitrogens with one attached hydrogen (secondary N) is 1. The van der Waals surface area contributed by atoms with Gasteiger partial charge in [0.15, 0.2) is 0 Å². The molecule has 0 aliphatic carbocycles. The van der Waals surface area contributed by atoms with Crippen molar-refractivity contribution < 1.29 is 14.1 Å². The zero-order valence-electron chi connectivity index (χ0n) is 12.5. The lowest BCUT2D eigenvalue weighted by Crippen LogP contribution is -2.22. The fraction of sp³-hybridized carbons (Fsp3) is 0.118. The molecule has 0 radical (unpaired) electrons. The number of hydrogen-bond acceptors (Lipinski definition) is 5. The Kier molecular flexibility index (Phi) is 4.33. The molecule has 0 unspecified atom stereocenters. The molecule has 0 atom stereocenters. The molecule has 0 bridgehead atoms. The van der Waals surface area contributed by atoms with E-state index in [0.29, 0.717) is 23.9 Å². The van der Waals surface area contributed by atoms with E-state index < -0.39 is 0 Å². The van der Waals surface area contributed by atoms with Gasteiger partial charge in [-0.3, -0.25) is 4.79 Å².